The number of anilines is 1. The molecule has 3 rings (SSSR count). The molecule has 0 atom stereocenters. The van der Waals surface area contributed by atoms with E-state index in [9.17, 15) is 4.79 Å². The molecule has 28 heavy (non-hydrogen) atoms. The number of hydrogen-bond donors (Lipinski definition) is 2. The molecule has 6 heteroatoms. The number of nitrogens with zero attached hydrogens (tertiary/aromatic N) is 2. The maximum absolute atomic E-state index is 12.0. The largest absolute Gasteiger partial charge is 0.376 e. The number of aromatic nitrogens is 1. The summed E-state index contributed by atoms with van der Waals surface area (Å²) in [6, 6.07) is 17.6. The van der Waals surface area contributed by atoms with Crippen molar-refractivity contribution in [3.63, 3.8) is 0 Å². The van der Waals surface area contributed by atoms with Crippen LogP contribution in [0.5, 0.6) is 0 Å². The van der Waals surface area contributed by atoms with Gasteiger partial charge in [-0.3, -0.25) is 4.79 Å². The first kappa shape index (κ1) is 19.7. The van der Waals surface area contributed by atoms with Gasteiger partial charge in [-0.15, -0.1) is 0 Å². The second-order valence-electron chi connectivity index (χ2n) is 6.65. The van der Waals surface area contributed by atoms with Crippen molar-refractivity contribution in [1.82, 2.24) is 9.99 Å². The second-order valence-corrected chi connectivity index (χ2v) is 7.09. The highest BCUT2D eigenvalue weighted by Gasteiger charge is 2.09. The standard InChI is InChI=1S/C22H23ClN4O/c1-15-4-8-20(9-5-15)24-14-22(28)26-25-13-18-12-16(2)27(17(18)3)21-10-6-19(23)7-11-21/h4-13,24H,14H2,1-3H3,(H,26,28)/b25-13-. The summed E-state index contributed by atoms with van der Waals surface area (Å²) in [6.07, 6.45) is 1.67. The Morgan fingerprint density at radius 1 is 1.07 bits per heavy atom. The molecule has 144 valence electrons. The number of amides is 1. The molecule has 0 aliphatic rings. The van der Waals surface area contributed by atoms with Crippen LogP contribution in [0.3, 0.4) is 0 Å². The van der Waals surface area contributed by atoms with Crippen molar-refractivity contribution in [3.8, 4) is 5.69 Å². The quantitative estimate of drug-likeness (QED) is 0.473. The van der Waals surface area contributed by atoms with Crippen molar-refractivity contribution >= 4 is 29.4 Å². The topological polar surface area (TPSA) is 58.4 Å². The number of halogens is 1. The molecule has 5 nitrogen and oxygen atoms in total. The third-order valence-electron chi connectivity index (χ3n) is 4.45. The predicted octanol–water partition coefficient (Wildman–Crippen LogP) is 4.62. The molecule has 2 N–H and O–H groups in total. The Kier molecular flexibility index (Phi) is 6.16. The lowest BCUT2D eigenvalue weighted by molar-refractivity contribution is -0.119. The maximum Gasteiger partial charge on any atom is 0.259 e. The van der Waals surface area contributed by atoms with Gasteiger partial charge in [0.05, 0.1) is 12.8 Å². The molecule has 1 amide bonds. The van der Waals surface area contributed by atoms with Gasteiger partial charge in [0.15, 0.2) is 0 Å². The number of aryl methyl sites for hydroxylation is 2. The Hall–Kier alpha value is -3.05. The molecule has 0 saturated carbocycles. The number of rotatable bonds is 6. The van der Waals surface area contributed by atoms with E-state index in [1.54, 1.807) is 6.21 Å². The smallest absolute Gasteiger partial charge is 0.259 e. The monoisotopic (exact) mass is 394 g/mol. The zero-order chi connectivity index (χ0) is 20.1. The van der Waals surface area contributed by atoms with Crippen LogP contribution in [-0.2, 0) is 4.79 Å². The van der Waals surface area contributed by atoms with Gasteiger partial charge in [0.25, 0.3) is 5.91 Å². The van der Waals surface area contributed by atoms with Crippen LogP contribution in [0.15, 0.2) is 59.7 Å². The van der Waals surface area contributed by atoms with Gasteiger partial charge < -0.3 is 9.88 Å². The second kappa shape index (κ2) is 8.76. The molecule has 0 aliphatic carbocycles. The highest BCUT2D eigenvalue weighted by molar-refractivity contribution is 6.30. The van der Waals surface area contributed by atoms with E-state index < -0.39 is 0 Å². The van der Waals surface area contributed by atoms with Crippen molar-refractivity contribution in [2.45, 2.75) is 20.8 Å². The molecule has 2 aromatic carbocycles. The van der Waals surface area contributed by atoms with Gasteiger partial charge in [-0.1, -0.05) is 29.3 Å². The third kappa shape index (κ3) is 4.81. The number of nitrogens with one attached hydrogen (secondary N) is 2. The van der Waals surface area contributed by atoms with Crippen molar-refractivity contribution in [2.75, 3.05) is 11.9 Å². The first-order valence-corrected chi connectivity index (χ1v) is 9.39. The van der Waals surface area contributed by atoms with Crippen LogP contribution in [0.1, 0.15) is 22.5 Å². The summed E-state index contributed by atoms with van der Waals surface area (Å²) in [6.45, 7) is 6.23. The van der Waals surface area contributed by atoms with E-state index in [2.05, 4.69) is 20.4 Å². The molecule has 0 unspecified atom stereocenters. The molecule has 0 fully saturated rings. The SMILES string of the molecule is Cc1ccc(NCC(=O)N/N=C\c2cc(C)n(-c3ccc(Cl)cc3)c2C)cc1. The van der Waals surface area contributed by atoms with E-state index in [1.165, 1.54) is 5.56 Å². The Labute approximate surface area is 170 Å². The number of hydrogen-bond acceptors (Lipinski definition) is 3. The Balaban J connectivity index is 1.61. The van der Waals surface area contributed by atoms with Crippen LogP contribution >= 0.6 is 11.6 Å². The molecule has 1 heterocycles. The first-order valence-electron chi connectivity index (χ1n) is 9.01. The fourth-order valence-electron chi connectivity index (χ4n) is 2.97. The van der Waals surface area contributed by atoms with Gasteiger partial charge in [0.2, 0.25) is 0 Å². The lowest BCUT2D eigenvalue weighted by atomic mass is 10.2. The molecule has 0 aliphatic heterocycles. The fourth-order valence-corrected chi connectivity index (χ4v) is 3.10. The number of benzene rings is 2. The van der Waals surface area contributed by atoms with Crippen LogP contribution < -0.4 is 10.7 Å². The summed E-state index contributed by atoms with van der Waals surface area (Å²) in [5, 5.41) is 7.87. The molecular formula is C22H23ClN4O. The first-order chi connectivity index (χ1) is 13.4. The average molecular weight is 395 g/mol. The number of hydrazone groups is 1. The van der Waals surface area contributed by atoms with E-state index in [-0.39, 0.29) is 12.5 Å². The van der Waals surface area contributed by atoms with Gasteiger partial charge >= 0.3 is 0 Å². The number of carbonyl (C=O) groups excluding carboxylic acids is 1. The molecule has 0 bridgehead atoms. The average Bonchev–Trinajstić information content (AvgIpc) is 2.96. The Morgan fingerprint density at radius 2 is 1.75 bits per heavy atom. The molecule has 0 spiro atoms. The summed E-state index contributed by atoms with van der Waals surface area (Å²) in [5.74, 6) is -0.205. The minimum atomic E-state index is -0.205. The summed E-state index contributed by atoms with van der Waals surface area (Å²) in [5.41, 5.74) is 8.72. The summed E-state index contributed by atoms with van der Waals surface area (Å²) in [7, 11) is 0. The van der Waals surface area contributed by atoms with Crippen LogP contribution in [0.25, 0.3) is 5.69 Å². The van der Waals surface area contributed by atoms with Crippen LogP contribution in [0.2, 0.25) is 5.02 Å². The van der Waals surface area contributed by atoms with Gasteiger partial charge in [0.1, 0.15) is 0 Å². The van der Waals surface area contributed by atoms with E-state index in [4.69, 9.17) is 11.6 Å². The van der Waals surface area contributed by atoms with Crippen molar-refractivity contribution in [1.29, 1.82) is 0 Å². The lowest BCUT2D eigenvalue weighted by Crippen LogP contribution is -2.25. The molecular weight excluding hydrogens is 372 g/mol. The van der Waals surface area contributed by atoms with Crippen molar-refractivity contribution in [3.05, 3.63) is 82.1 Å². The van der Waals surface area contributed by atoms with E-state index in [0.29, 0.717) is 5.02 Å². The summed E-state index contributed by atoms with van der Waals surface area (Å²) < 4.78 is 2.12. The number of carbonyl (C=O) groups is 1. The van der Waals surface area contributed by atoms with Crippen LogP contribution in [0.4, 0.5) is 5.69 Å². The van der Waals surface area contributed by atoms with E-state index in [0.717, 1.165) is 28.3 Å². The predicted molar refractivity (Wildman–Crippen MR) is 116 cm³/mol. The molecule has 0 radical (unpaired) electrons. The van der Waals surface area contributed by atoms with Crippen LogP contribution in [-0.4, -0.2) is 23.2 Å². The normalized spacial score (nSPS) is 11.0. The molecule has 3 aromatic rings. The highest BCUT2D eigenvalue weighted by Crippen LogP contribution is 2.21. The van der Waals surface area contributed by atoms with Gasteiger partial charge in [0, 0.05) is 33.3 Å². The molecule has 1 aromatic heterocycles. The summed E-state index contributed by atoms with van der Waals surface area (Å²) in [4.78, 5) is 12.0. The van der Waals surface area contributed by atoms with Crippen molar-refractivity contribution < 1.29 is 4.79 Å². The molecule has 0 saturated heterocycles. The Morgan fingerprint density at radius 3 is 2.43 bits per heavy atom. The van der Waals surface area contributed by atoms with E-state index >= 15 is 0 Å². The minimum Gasteiger partial charge on any atom is -0.376 e. The van der Waals surface area contributed by atoms with Crippen LogP contribution in [0, 0.1) is 20.8 Å². The van der Waals surface area contributed by atoms with Crippen molar-refractivity contribution in [2.24, 2.45) is 5.10 Å². The van der Waals surface area contributed by atoms with Gasteiger partial charge in [-0.05, 0) is 63.2 Å². The minimum absolute atomic E-state index is 0.157. The third-order valence-corrected chi connectivity index (χ3v) is 4.70. The highest BCUT2D eigenvalue weighted by atomic mass is 35.5. The summed E-state index contributed by atoms with van der Waals surface area (Å²) >= 11 is 5.98. The zero-order valence-corrected chi connectivity index (χ0v) is 16.9. The Bertz CT molecular complexity index is 989. The van der Waals surface area contributed by atoms with E-state index in [1.807, 2.05) is 75.4 Å². The zero-order valence-electron chi connectivity index (χ0n) is 16.2. The maximum atomic E-state index is 12.0. The lowest BCUT2D eigenvalue weighted by Gasteiger charge is -2.09. The van der Waals surface area contributed by atoms with Gasteiger partial charge in [-0.25, -0.2) is 5.43 Å². The van der Waals surface area contributed by atoms with Gasteiger partial charge in [-0.2, -0.15) is 5.10 Å². The fraction of sp³-hybridized carbons (Fsp3) is 0.182.